The van der Waals surface area contributed by atoms with Gasteiger partial charge in [0.15, 0.2) is 4.34 Å². The number of carbonyl (C=O) groups excluding carboxylic acids is 2. The largest absolute Gasteiger partial charge is 0.496 e. The molecule has 0 aliphatic heterocycles. The maximum atomic E-state index is 12.7. The molecule has 30 heavy (non-hydrogen) atoms. The third-order valence-electron chi connectivity index (χ3n) is 3.74. The van der Waals surface area contributed by atoms with Gasteiger partial charge in [0, 0.05) is 10.2 Å². The second-order valence-electron chi connectivity index (χ2n) is 5.71. The van der Waals surface area contributed by atoms with Crippen molar-refractivity contribution < 1.29 is 19.1 Å². The number of amides is 2. The molecule has 0 saturated heterocycles. The summed E-state index contributed by atoms with van der Waals surface area (Å²) in [7, 11) is 2.95. The molecule has 3 rings (SSSR count). The summed E-state index contributed by atoms with van der Waals surface area (Å²) in [6.45, 7) is 0. The number of nitrogens with zero attached hydrogens (tertiary/aromatic N) is 2. The Bertz CT molecular complexity index is 1020. The van der Waals surface area contributed by atoms with Crippen LogP contribution < -0.4 is 20.1 Å². The highest BCUT2D eigenvalue weighted by Gasteiger charge is 2.20. The van der Waals surface area contributed by atoms with Crippen LogP contribution in [-0.2, 0) is 4.79 Å². The van der Waals surface area contributed by atoms with E-state index in [1.807, 2.05) is 12.1 Å². The van der Waals surface area contributed by atoms with E-state index in [-0.39, 0.29) is 17.2 Å². The molecule has 2 aromatic carbocycles. The molecule has 0 unspecified atom stereocenters. The predicted molar refractivity (Wildman–Crippen MR) is 121 cm³/mol. The Labute approximate surface area is 189 Å². The highest BCUT2D eigenvalue weighted by molar-refractivity contribution is 9.10. The zero-order valence-electron chi connectivity index (χ0n) is 16.0. The van der Waals surface area contributed by atoms with E-state index in [4.69, 9.17) is 9.47 Å². The van der Waals surface area contributed by atoms with Gasteiger partial charge in [0.25, 0.3) is 5.91 Å². The first kappa shape index (κ1) is 22.1. The van der Waals surface area contributed by atoms with Crippen LogP contribution >= 0.6 is 39.0 Å². The molecule has 156 valence electrons. The second kappa shape index (κ2) is 10.4. The van der Waals surface area contributed by atoms with E-state index in [0.29, 0.717) is 26.7 Å². The monoisotopic (exact) mass is 508 g/mol. The number of anilines is 2. The molecule has 0 aliphatic carbocycles. The molecule has 2 N–H and O–H groups in total. The third kappa shape index (κ3) is 5.71. The summed E-state index contributed by atoms with van der Waals surface area (Å²) in [5.74, 6) is 0.344. The molecule has 0 bridgehead atoms. The number of carbonyl (C=O) groups is 2. The van der Waals surface area contributed by atoms with Crippen molar-refractivity contribution in [3.8, 4) is 11.5 Å². The highest BCUT2D eigenvalue weighted by atomic mass is 79.9. The van der Waals surface area contributed by atoms with Crippen molar-refractivity contribution in [2.75, 3.05) is 30.6 Å². The number of hydrogen-bond acceptors (Lipinski definition) is 8. The summed E-state index contributed by atoms with van der Waals surface area (Å²) < 4.78 is 12.0. The lowest BCUT2D eigenvalue weighted by atomic mass is 10.1. The van der Waals surface area contributed by atoms with Gasteiger partial charge >= 0.3 is 0 Å². The Morgan fingerprint density at radius 1 is 1.03 bits per heavy atom. The minimum absolute atomic E-state index is 0.165. The van der Waals surface area contributed by atoms with Crippen LogP contribution in [0.2, 0.25) is 0 Å². The van der Waals surface area contributed by atoms with Gasteiger partial charge < -0.3 is 14.8 Å². The van der Waals surface area contributed by atoms with E-state index >= 15 is 0 Å². The summed E-state index contributed by atoms with van der Waals surface area (Å²) in [5.41, 5.74) is 0.973. The summed E-state index contributed by atoms with van der Waals surface area (Å²) >= 11 is 5.76. The first-order chi connectivity index (χ1) is 14.5. The van der Waals surface area contributed by atoms with Gasteiger partial charge in [0.2, 0.25) is 11.0 Å². The molecule has 2 amide bonds. The number of hydrogen-bond donors (Lipinski definition) is 2. The molecule has 3 aromatic rings. The lowest BCUT2D eigenvalue weighted by Crippen LogP contribution is -2.14. The van der Waals surface area contributed by atoms with Gasteiger partial charge in [-0.1, -0.05) is 45.1 Å². The van der Waals surface area contributed by atoms with Crippen LogP contribution in [0.25, 0.3) is 0 Å². The minimum atomic E-state index is -0.426. The fourth-order valence-electron chi connectivity index (χ4n) is 2.41. The van der Waals surface area contributed by atoms with Gasteiger partial charge in [0.1, 0.15) is 17.1 Å². The summed E-state index contributed by atoms with van der Waals surface area (Å²) in [5, 5.41) is 13.8. The Hall–Kier alpha value is -2.63. The number of rotatable bonds is 8. The van der Waals surface area contributed by atoms with E-state index in [1.54, 1.807) is 30.3 Å². The van der Waals surface area contributed by atoms with Crippen LogP contribution in [-0.4, -0.2) is 42.0 Å². The van der Waals surface area contributed by atoms with Crippen LogP contribution in [0.15, 0.2) is 51.3 Å². The molecule has 0 radical (unpaired) electrons. The van der Waals surface area contributed by atoms with Crippen LogP contribution in [0.4, 0.5) is 10.8 Å². The van der Waals surface area contributed by atoms with E-state index in [1.165, 1.54) is 37.3 Å². The number of aromatic nitrogens is 2. The van der Waals surface area contributed by atoms with E-state index in [0.717, 1.165) is 4.47 Å². The minimum Gasteiger partial charge on any atom is -0.496 e. The maximum Gasteiger partial charge on any atom is 0.265 e. The maximum absolute atomic E-state index is 12.7. The van der Waals surface area contributed by atoms with E-state index < -0.39 is 5.91 Å². The molecule has 1 aromatic heterocycles. The topological polar surface area (TPSA) is 102 Å². The SMILES string of the molecule is COc1cccc(OC)c1C(=O)Nc1nnc(SCC(=O)Nc2ccc(Br)cc2)s1. The van der Waals surface area contributed by atoms with Crippen molar-refractivity contribution in [1.29, 1.82) is 0 Å². The third-order valence-corrected chi connectivity index (χ3v) is 6.24. The van der Waals surface area contributed by atoms with Gasteiger partial charge in [-0.25, -0.2) is 0 Å². The average molecular weight is 509 g/mol. The number of methoxy groups -OCH3 is 2. The van der Waals surface area contributed by atoms with Crippen LogP contribution in [0.3, 0.4) is 0 Å². The molecule has 8 nitrogen and oxygen atoms in total. The quantitative estimate of drug-likeness (QED) is 0.345. The second-order valence-corrected chi connectivity index (χ2v) is 8.82. The zero-order valence-corrected chi connectivity index (χ0v) is 19.2. The fraction of sp³-hybridized carbons (Fsp3) is 0.158. The Balaban J connectivity index is 1.58. The number of ether oxygens (including phenoxy) is 2. The molecular weight excluding hydrogens is 492 g/mol. The molecule has 1 heterocycles. The van der Waals surface area contributed by atoms with Crippen molar-refractivity contribution in [1.82, 2.24) is 10.2 Å². The highest BCUT2D eigenvalue weighted by Crippen LogP contribution is 2.31. The van der Waals surface area contributed by atoms with Crippen molar-refractivity contribution in [3.05, 3.63) is 52.5 Å². The zero-order chi connectivity index (χ0) is 21.5. The summed E-state index contributed by atoms with van der Waals surface area (Å²) in [6.07, 6.45) is 0. The molecule has 11 heteroatoms. The first-order valence-corrected chi connectivity index (χ1v) is 11.1. The van der Waals surface area contributed by atoms with Crippen LogP contribution in [0, 0.1) is 0 Å². The average Bonchev–Trinajstić information content (AvgIpc) is 3.20. The van der Waals surface area contributed by atoms with Crippen LogP contribution in [0.1, 0.15) is 10.4 Å². The van der Waals surface area contributed by atoms with Gasteiger partial charge in [-0.15, -0.1) is 10.2 Å². The first-order valence-electron chi connectivity index (χ1n) is 8.54. The summed E-state index contributed by atoms with van der Waals surface area (Å²) in [6, 6.07) is 12.4. The van der Waals surface area contributed by atoms with E-state index in [9.17, 15) is 9.59 Å². The van der Waals surface area contributed by atoms with Crippen molar-refractivity contribution >= 4 is 61.7 Å². The lowest BCUT2D eigenvalue weighted by Gasteiger charge is -2.11. The van der Waals surface area contributed by atoms with Gasteiger partial charge in [0.05, 0.1) is 20.0 Å². The number of benzene rings is 2. The van der Waals surface area contributed by atoms with Crippen molar-refractivity contribution in [2.24, 2.45) is 0 Å². The molecule has 0 fully saturated rings. The lowest BCUT2D eigenvalue weighted by molar-refractivity contribution is -0.113. The molecule has 0 saturated carbocycles. The number of thioether (sulfide) groups is 1. The molecule has 0 spiro atoms. The Kier molecular flexibility index (Phi) is 7.66. The van der Waals surface area contributed by atoms with Gasteiger partial charge in [-0.3, -0.25) is 14.9 Å². The molecule has 0 atom stereocenters. The predicted octanol–water partition coefficient (Wildman–Crippen LogP) is 4.30. The van der Waals surface area contributed by atoms with E-state index in [2.05, 4.69) is 36.8 Å². The molecule has 0 aliphatic rings. The number of halogens is 1. The van der Waals surface area contributed by atoms with Crippen LogP contribution in [0.5, 0.6) is 11.5 Å². The van der Waals surface area contributed by atoms with Gasteiger partial charge in [-0.2, -0.15) is 0 Å². The Morgan fingerprint density at radius 3 is 2.33 bits per heavy atom. The normalized spacial score (nSPS) is 10.4. The smallest absolute Gasteiger partial charge is 0.265 e. The fourth-order valence-corrected chi connectivity index (χ4v) is 4.22. The van der Waals surface area contributed by atoms with Crippen molar-refractivity contribution in [2.45, 2.75) is 4.34 Å². The van der Waals surface area contributed by atoms with Crippen molar-refractivity contribution in [3.63, 3.8) is 0 Å². The molecular formula is C19H17BrN4O4S2. The number of nitrogens with one attached hydrogen (secondary N) is 2. The van der Waals surface area contributed by atoms with Gasteiger partial charge in [-0.05, 0) is 36.4 Å². The standard InChI is InChI=1S/C19H17BrN4O4S2/c1-27-13-4-3-5-14(28-2)16(13)17(26)22-18-23-24-19(30-18)29-10-15(25)21-12-8-6-11(20)7-9-12/h3-9H,10H2,1-2H3,(H,21,25)(H,22,23,26). The Morgan fingerprint density at radius 2 is 1.70 bits per heavy atom. The summed E-state index contributed by atoms with van der Waals surface area (Å²) in [4.78, 5) is 24.8.